The number of benzene rings is 7. The minimum atomic E-state index is 0.869. The molecular weight excluding hydrogens is 548 g/mol. The van der Waals surface area contributed by atoms with Crippen LogP contribution in [0.25, 0.3) is 88.5 Å². The monoisotopic (exact) mass is 574 g/mol. The van der Waals surface area contributed by atoms with Crippen LogP contribution in [0.3, 0.4) is 0 Å². The van der Waals surface area contributed by atoms with Crippen molar-refractivity contribution in [2.75, 3.05) is 0 Å². The van der Waals surface area contributed by atoms with E-state index < -0.39 is 0 Å². The summed E-state index contributed by atoms with van der Waals surface area (Å²) in [6.07, 6.45) is 0. The second-order valence-electron chi connectivity index (χ2n) is 11.4. The molecule has 45 heavy (non-hydrogen) atoms. The highest BCUT2D eigenvalue weighted by Gasteiger charge is 2.17. The van der Waals surface area contributed by atoms with Crippen LogP contribution in [0.4, 0.5) is 0 Å². The fraction of sp³-hybridized carbons (Fsp3) is 0. The van der Waals surface area contributed by atoms with Crippen molar-refractivity contribution in [1.82, 2.24) is 9.97 Å². The topological polar surface area (TPSA) is 38.9 Å². The van der Waals surface area contributed by atoms with E-state index in [-0.39, 0.29) is 0 Å². The van der Waals surface area contributed by atoms with Gasteiger partial charge in [-0.1, -0.05) is 133 Å². The molecule has 0 fully saturated rings. The van der Waals surface area contributed by atoms with E-state index in [0.717, 1.165) is 77.7 Å². The van der Waals surface area contributed by atoms with Crippen molar-refractivity contribution in [2.24, 2.45) is 0 Å². The molecule has 0 amide bonds. The van der Waals surface area contributed by atoms with Gasteiger partial charge in [-0.05, 0) is 51.7 Å². The smallest absolute Gasteiger partial charge is 0.136 e. The van der Waals surface area contributed by atoms with E-state index in [1.807, 2.05) is 24.3 Å². The molecule has 0 aliphatic rings. The van der Waals surface area contributed by atoms with Crippen LogP contribution in [-0.4, -0.2) is 9.97 Å². The van der Waals surface area contributed by atoms with Gasteiger partial charge in [0.05, 0.1) is 22.4 Å². The lowest BCUT2D eigenvalue weighted by atomic mass is 9.96. The van der Waals surface area contributed by atoms with Gasteiger partial charge >= 0.3 is 0 Å². The predicted octanol–water partition coefficient (Wildman–Crippen LogP) is 11.4. The second-order valence-corrected chi connectivity index (χ2v) is 11.4. The van der Waals surface area contributed by atoms with Gasteiger partial charge in [-0.3, -0.25) is 0 Å². The Kier molecular flexibility index (Phi) is 5.82. The normalized spacial score (nSPS) is 11.6. The van der Waals surface area contributed by atoms with Crippen LogP contribution in [-0.2, 0) is 0 Å². The Hall–Kier alpha value is -6.06. The Morgan fingerprint density at radius 3 is 1.91 bits per heavy atom. The maximum absolute atomic E-state index is 6.15. The van der Waals surface area contributed by atoms with Crippen molar-refractivity contribution in [3.05, 3.63) is 158 Å². The number of nitrogens with zero attached hydrogens (tertiary/aromatic N) is 2. The summed E-state index contributed by atoms with van der Waals surface area (Å²) in [4.78, 5) is 10.6. The third kappa shape index (κ3) is 4.29. The molecule has 210 valence electrons. The van der Waals surface area contributed by atoms with Crippen LogP contribution in [0.2, 0.25) is 0 Å². The highest BCUT2D eigenvalue weighted by atomic mass is 16.3. The first-order chi connectivity index (χ1) is 22.3. The van der Waals surface area contributed by atoms with Gasteiger partial charge in [-0.15, -0.1) is 0 Å². The first kappa shape index (κ1) is 25.4. The van der Waals surface area contributed by atoms with Crippen LogP contribution in [0.15, 0.2) is 162 Å². The maximum Gasteiger partial charge on any atom is 0.136 e. The lowest BCUT2D eigenvalue weighted by Crippen LogP contribution is -1.97. The molecule has 9 rings (SSSR count). The van der Waals surface area contributed by atoms with E-state index in [2.05, 4.69) is 133 Å². The van der Waals surface area contributed by atoms with Gasteiger partial charge in [0.1, 0.15) is 11.2 Å². The molecule has 2 heterocycles. The quantitative estimate of drug-likeness (QED) is 0.210. The van der Waals surface area contributed by atoms with Gasteiger partial charge < -0.3 is 4.42 Å². The molecule has 0 atom stereocenters. The molecule has 0 N–H and O–H groups in total. The van der Waals surface area contributed by atoms with E-state index in [0.29, 0.717) is 0 Å². The number of para-hydroxylation sites is 2. The van der Waals surface area contributed by atoms with Gasteiger partial charge in [0, 0.05) is 27.5 Å². The zero-order valence-corrected chi connectivity index (χ0v) is 24.3. The van der Waals surface area contributed by atoms with Crippen molar-refractivity contribution in [3.63, 3.8) is 0 Å². The summed E-state index contributed by atoms with van der Waals surface area (Å²) >= 11 is 0. The Balaban J connectivity index is 1.19. The van der Waals surface area contributed by atoms with Crippen LogP contribution < -0.4 is 0 Å². The molecule has 0 bridgehead atoms. The molecule has 0 aliphatic carbocycles. The molecule has 3 heteroatoms. The molecular formula is C42H26N2O. The molecule has 9 aromatic rings. The Morgan fingerprint density at radius 2 is 1.04 bits per heavy atom. The molecule has 2 aromatic heterocycles. The van der Waals surface area contributed by atoms with Gasteiger partial charge in [-0.2, -0.15) is 0 Å². The Labute approximate surface area is 260 Å². The van der Waals surface area contributed by atoms with Gasteiger partial charge in [0.2, 0.25) is 0 Å². The molecule has 0 saturated heterocycles. The fourth-order valence-electron chi connectivity index (χ4n) is 6.49. The fourth-order valence-corrected chi connectivity index (χ4v) is 6.49. The molecule has 0 spiro atoms. The number of hydrogen-bond acceptors (Lipinski definition) is 3. The predicted molar refractivity (Wildman–Crippen MR) is 186 cm³/mol. The SMILES string of the molecule is c1ccc(-c2nc3c(-c4ccc(-c5cccc6oc7ccccc7c56)cc4)cccc3nc2-c2ccc3ccccc3c2)cc1. The van der Waals surface area contributed by atoms with E-state index in [9.17, 15) is 0 Å². The minimum Gasteiger partial charge on any atom is -0.456 e. The second kappa shape index (κ2) is 10.3. The number of furan rings is 1. The summed E-state index contributed by atoms with van der Waals surface area (Å²) in [7, 11) is 0. The highest BCUT2D eigenvalue weighted by molar-refractivity contribution is 6.12. The lowest BCUT2D eigenvalue weighted by molar-refractivity contribution is 0.669. The van der Waals surface area contributed by atoms with Gasteiger partial charge in [0.15, 0.2) is 0 Å². The van der Waals surface area contributed by atoms with E-state index >= 15 is 0 Å². The van der Waals surface area contributed by atoms with Gasteiger partial charge in [0.25, 0.3) is 0 Å². The van der Waals surface area contributed by atoms with Crippen molar-refractivity contribution in [2.45, 2.75) is 0 Å². The molecule has 0 saturated carbocycles. The Bertz CT molecular complexity index is 2530. The largest absolute Gasteiger partial charge is 0.456 e. The minimum absolute atomic E-state index is 0.869. The average molecular weight is 575 g/mol. The van der Waals surface area contributed by atoms with Crippen molar-refractivity contribution >= 4 is 43.7 Å². The third-order valence-electron chi connectivity index (χ3n) is 8.67. The zero-order chi connectivity index (χ0) is 29.7. The van der Waals surface area contributed by atoms with Crippen LogP contribution in [0, 0.1) is 0 Å². The number of hydrogen-bond donors (Lipinski definition) is 0. The summed E-state index contributed by atoms with van der Waals surface area (Å²) < 4.78 is 6.15. The lowest BCUT2D eigenvalue weighted by Gasteiger charge is -2.14. The standard InChI is InChI=1S/C42H26N2O/c1-2-11-30(12-3-1)40-41(32-25-20-27-10-4-5-13-31(27)26-32)43-36-17-8-16-34(42(36)44-40)29-23-21-28(22-24-29)33-15-9-19-38-39(33)35-14-6-7-18-37(35)45-38/h1-26H. The number of fused-ring (bicyclic) bond motifs is 5. The molecule has 0 radical (unpaired) electrons. The van der Waals surface area contributed by atoms with E-state index in [4.69, 9.17) is 14.4 Å². The maximum atomic E-state index is 6.15. The summed E-state index contributed by atoms with van der Waals surface area (Å²) in [6.45, 7) is 0. The number of aromatic nitrogens is 2. The Morgan fingerprint density at radius 1 is 0.400 bits per heavy atom. The van der Waals surface area contributed by atoms with Crippen LogP contribution >= 0.6 is 0 Å². The average Bonchev–Trinajstić information content (AvgIpc) is 3.50. The summed E-state index contributed by atoms with van der Waals surface area (Å²) in [5.41, 5.74) is 11.9. The van der Waals surface area contributed by atoms with Crippen molar-refractivity contribution in [1.29, 1.82) is 0 Å². The van der Waals surface area contributed by atoms with Crippen molar-refractivity contribution < 1.29 is 4.42 Å². The first-order valence-electron chi connectivity index (χ1n) is 15.2. The third-order valence-corrected chi connectivity index (χ3v) is 8.67. The van der Waals surface area contributed by atoms with Gasteiger partial charge in [-0.25, -0.2) is 9.97 Å². The zero-order valence-electron chi connectivity index (χ0n) is 24.3. The summed E-state index contributed by atoms with van der Waals surface area (Å²) in [5.74, 6) is 0. The molecule has 7 aromatic carbocycles. The highest BCUT2D eigenvalue weighted by Crippen LogP contribution is 2.39. The summed E-state index contributed by atoms with van der Waals surface area (Å²) in [5, 5.41) is 4.67. The van der Waals surface area contributed by atoms with E-state index in [1.54, 1.807) is 0 Å². The van der Waals surface area contributed by atoms with E-state index in [1.165, 1.54) is 10.8 Å². The molecule has 0 unspecified atom stereocenters. The number of rotatable bonds is 4. The molecule has 3 nitrogen and oxygen atoms in total. The van der Waals surface area contributed by atoms with Crippen molar-refractivity contribution in [3.8, 4) is 44.8 Å². The first-order valence-corrected chi connectivity index (χ1v) is 15.2. The van der Waals surface area contributed by atoms with Crippen LogP contribution in [0.1, 0.15) is 0 Å². The molecule has 0 aliphatic heterocycles. The summed E-state index contributed by atoms with van der Waals surface area (Å²) in [6, 6.07) is 54.9. The van der Waals surface area contributed by atoms with Crippen LogP contribution in [0.5, 0.6) is 0 Å².